The molecule has 1 fully saturated rings. The SMILES string of the molecule is Cc1ccc(C(=O)N2CCN(C(=O)c3ccccc3OCc3cn4cccc(C)c4n3)CC2)cc1. The van der Waals surface area contributed by atoms with Crippen molar-refractivity contribution in [1.82, 2.24) is 19.2 Å². The number of fused-ring (bicyclic) bond motifs is 1. The number of para-hydroxylation sites is 1. The van der Waals surface area contributed by atoms with Gasteiger partial charge in [-0.2, -0.15) is 0 Å². The number of aromatic nitrogens is 2. The van der Waals surface area contributed by atoms with Crippen LogP contribution < -0.4 is 4.74 Å². The molecule has 4 aromatic rings. The van der Waals surface area contributed by atoms with Gasteiger partial charge in [-0.25, -0.2) is 4.98 Å². The third kappa shape index (κ3) is 4.75. The molecule has 7 nitrogen and oxygen atoms in total. The van der Waals surface area contributed by atoms with Crippen molar-refractivity contribution < 1.29 is 14.3 Å². The van der Waals surface area contributed by atoms with Gasteiger partial charge in [0.05, 0.1) is 11.3 Å². The molecule has 2 aromatic carbocycles. The van der Waals surface area contributed by atoms with Crippen LogP contribution in [0, 0.1) is 13.8 Å². The lowest BCUT2D eigenvalue weighted by Crippen LogP contribution is -2.50. The summed E-state index contributed by atoms with van der Waals surface area (Å²) in [5.41, 5.74) is 5.10. The van der Waals surface area contributed by atoms with E-state index >= 15 is 0 Å². The Morgan fingerprint density at radius 2 is 1.54 bits per heavy atom. The molecule has 35 heavy (non-hydrogen) atoms. The Hall–Kier alpha value is -4.13. The van der Waals surface area contributed by atoms with E-state index in [0.29, 0.717) is 43.1 Å². The normalized spacial score (nSPS) is 13.8. The highest BCUT2D eigenvalue weighted by Gasteiger charge is 2.27. The van der Waals surface area contributed by atoms with E-state index in [0.717, 1.165) is 22.5 Å². The first-order valence-electron chi connectivity index (χ1n) is 11.8. The summed E-state index contributed by atoms with van der Waals surface area (Å²) in [6.45, 7) is 6.26. The van der Waals surface area contributed by atoms with Crippen LogP contribution in [0.5, 0.6) is 5.75 Å². The molecule has 0 bridgehead atoms. The topological polar surface area (TPSA) is 67.2 Å². The van der Waals surface area contributed by atoms with Crippen LogP contribution in [-0.4, -0.2) is 57.2 Å². The molecular formula is C28H28N4O3. The maximum atomic E-state index is 13.3. The molecule has 1 aliphatic rings. The van der Waals surface area contributed by atoms with Crippen LogP contribution in [0.15, 0.2) is 73.1 Å². The number of aryl methyl sites for hydroxylation is 2. The third-order valence-electron chi connectivity index (χ3n) is 6.37. The van der Waals surface area contributed by atoms with E-state index < -0.39 is 0 Å². The second-order valence-corrected chi connectivity index (χ2v) is 8.89. The Balaban J connectivity index is 1.23. The molecule has 0 unspecified atom stereocenters. The van der Waals surface area contributed by atoms with Gasteiger partial charge in [0, 0.05) is 44.1 Å². The number of carbonyl (C=O) groups is 2. The van der Waals surface area contributed by atoms with Gasteiger partial charge in [-0.15, -0.1) is 0 Å². The first kappa shape index (κ1) is 22.7. The number of nitrogens with zero attached hydrogens (tertiary/aromatic N) is 4. The molecule has 1 aliphatic heterocycles. The zero-order valence-electron chi connectivity index (χ0n) is 20.0. The van der Waals surface area contributed by atoms with E-state index in [4.69, 9.17) is 4.74 Å². The molecule has 2 aromatic heterocycles. The van der Waals surface area contributed by atoms with Crippen LogP contribution in [0.3, 0.4) is 0 Å². The Bertz CT molecular complexity index is 1370. The van der Waals surface area contributed by atoms with Gasteiger partial charge in [0.15, 0.2) is 0 Å². The van der Waals surface area contributed by atoms with E-state index in [1.54, 1.807) is 11.0 Å². The predicted octanol–water partition coefficient (Wildman–Crippen LogP) is 4.13. The van der Waals surface area contributed by atoms with Crippen molar-refractivity contribution in [2.24, 2.45) is 0 Å². The average Bonchev–Trinajstić information content (AvgIpc) is 3.32. The van der Waals surface area contributed by atoms with Gasteiger partial charge < -0.3 is 18.9 Å². The second-order valence-electron chi connectivity index (χ2n) is 8.89. The lowest BCUT2D eigenvalue weighted by molar-refractivity contribution is 0.0533. The van der Waals surface area contributed by atoms with Crippen LogP contribution in [-0.2, 0) is 6.61 Å². The average molecular weight is 469 g/mol. The molecule has 0 atom stereocenters. The van der Waals surface area contributed by atoms with Gasteiger partial charge >= 0.3 is 0 Å². The molecule has 5 rings (SSSR count). The van der Waals surface area contributed by atoms with Crippen LogP contribution in [0.25, 0.3) is 5.65 Å². The number of rotatable bonds is 5. The number of piperazine rings is 1. The van der Waals surface area contributed by atoms with Gasteiger partial charge in [0.2, 0.25) is 0 Å². The minimum Gasteiger partial charge on any atom is -0.486 e. The number of ether oxygens (including phenoxy) is 1. The van der Waals surface area contributed by atoms with Crippen molar-refractivity contribution in [2.45, 2.75) is 20.5 Å². The van der Waals surface area contributed by atoms with Gasteiger partial charge in [-0.05, 0) is 49.7 Å². The molecule has 178 valence electrons. The predicted molar refractivity (Wildman–Crippen MR) is 134 cm³/mol. The van der Waals surface area contributed by atoms with E-state index in [-0.39, 0.29) is 18.4 Å². The Morgan fingerprint density at radius 1 is 0.857 bits per heavy atom. The van der Waals surface area contributed by atoms with E-state index in [2.05, 4.69) is 4.98 Å². The number of carbonyl (C=O) groups excluding carboxylic acids is 2. The zero-order valence-corrected chi connectivity index (χ0v) is 20.0. The highest BCUT2D eigenvalue weighted by atomic mass is 16.5. The van der Waals surface area contributed by atoms with Crippen molar-refractivity contribution in [3.8, 4) is 5.75 Å². The molecule has 7 heteroatoms. The maximum absolute atomic E-state index is 13.3. The Morgan fingerprint density at radius 3 is 2.26 bits per heavy atom. The molecule has 3 heterocycles. The zero-order chi connectivity index (χ0) is 24.4. The lowest BCUT2D eigenvalue weighted by Gasteiger charge is -2.35. The molecule has 0 aliphatic carbocycles. The first-order chi connectivity index (χ1) is 17.0. The van der Waals surface area contributed by atoms with Gasteiger partial charge in [0.1, 0.15) is 18.0 Å². The maximum Gasteiger partial charge on any atom is 0.257 e. The van der Waals surface area contributed by atoms with Crippen molar-refractivity contribution in [1.29, 1.82) is 0 Å². The van der Waals surface area contributed by atoms with Crippen LogP contribution in [0.1, 0.15) is 37.5 Å². The smallest absolute Gasteiger partial charge is 0.257 e. The standard InChI is InChI=1S/C28H28N4O3/c1-20-9-11-22(12-10-20)27(33)30-14-16-31(17-15-30)28(34)24-7-3-4-8-25(24)35-19-23-18-32-13-5-6-21(2)26(32)29-23/h3-13,18H,14-17,19H2,1-2H3. The number of pyridine rings is 1. The summed E-state index contributed by atoms with van der Waals surface area (Å²) in [7, 11) is 0. The van der Waals surface area contributed by atoms with Crippen LogP contribution in [0.4, 0.5) is 0 Å². The highest BCUT2D eigenvalue weighted by Crippen LogP contribution is 2.22. The van der Waals surface area contributed by atoms with Gasteiger partial charge in [0.25, 0.3) is 11.8 Å². The molecule has 0 spiro atoms. The summed E-state index contributed by atoms with van der Waals surface area (Å²) in [5, 5.41) is 0. The molecule has 0 radical (unpaired) electrons. The fraction of sp³-hybridized carbons (Fsp3) is 0.250. The number of benzene rings is 2. The van der Waals surface area contributed by atoms with Gasteiger partial charge in [-0.1, -0.05) is 35.9 Å². The van der Waals surface area contributed by atoms with Crippen molar-refractivity contribution in [3.05, 3.63) is 101 Å². The monoisotopic (exact) mass is 468 g/mol. The van der Waals surface area contributed by atoms with Crippen molar-refractivity contribution in [2.75, 3.05) is 26.2 Å². The van der Waals surface area contributed by atoms with Crippen LogP contribution in [0.2, 0.25) is 0 Å². The summed E-state index contributed by atoms with van der Waals surface area (Å²) < 4.78 is 8.02. The first-order valence-corrected chi connectivity index (χ1v) is 11.8. The highest BCUT2D eigenvalue weighted by molar-refractivity contribution is 5.97. The lowest BCUT2D eigenvalue weighted by atomic mass is 10.1. The number of hydrogen-bond acceptors (Lipinski definition) is 4. The van der Waals surface area contributed by atoms with Crippen LogP contribution >= 0.6 is 0 Å². The second kappa shape index (κ2) is 9.62. The molecular weight excluding hydrogens is 440 g/mol. The van der Waals surface area contributed by atoms with E-state index in [1.165, 1.54) is 0 Å². The summed E-state index contributed by atoms with van der Waals surface area (Å²) in [5.74, 6) is 0.446. The largest absolute Gasteiger partial charge is 0.486 e. The summed E-state index contributed by atoms with van der Waals surface area (Å²) >= 11 is 0. The quantitative estimate of drug-likeness (QED) is 0.442. The summed E-state index contributed by atoms with van der Waals surface area (Å²) in [6.07, 6.45) is 3.90. The molecule has 1 saturated heterocycles. The van der Waals surface area contributed by atoms with E-state index in [9.17, 15) is 9.59 Å². The number of imidazole rings is 1. The van der Waals surface area contributed by atoms with Gasteiger partial charge in [-0.3, -0.25) is 9.59 Å². The number of amides is 2. The third-order valence-corrected chi connectivity index (χ3v) is 6.37. The minimum atomic E-state index is -0.0890. The molecule has 0 N–H and O–H groups in total. The van der Waals surface area contributed by atoms with E-state index in [1.807, 2.05) is 90.1 Å². The molecule has 0 saturated carbocycles. The van der Waals surface area contributed by atoms with Crippen molar-refractivity contribution >= 4 is 17.5 Å². The van der Waals surface area contributed by atoms with Crippen molar-refractivity contribution in [3.63, 3.8) is 0 Å². The fourth-order valence-electron chi connectivity index (χ4n) is 4.36. The minimum absolute atomic E-state index is 0.00326. The summed E-state index contributed by atoms with van der Waals surface area (Å²) in [4.78, 5) is 34.4. The molecule has 2 amide bonds. The number of hydrogen-bond donors (Lipinski definition) is 0. The Kier molecular flexibility index (Phi) is 6.23. The Labute approximate surface area is 204 Å². The summed E-state index contributed by atoms with van der Waals surface area (Å²) in [6, 6.07) is 18.9. The fourth-order valence-corrected chi connectivity index (χ4v) is 4.36.